The van der Waals surface area contributed by atoms with Gasteiger partial charge >= 0.3 is 5.97 Å². The molecule has 1 aromatic carbocycles. The SMILES string of the molecule is CC(C)N(C)S(=O)(=O)NC(CCC(=O)O)c1ccccc1. The second kappa shape index (κ2) is 7.53. The molecule has 1 atom stereocenters. The smallest absolute Gasteiger partial charge is 0.303 e. The molecule has 0 saturated heterocycles. The summed E-state index contributed by atoms with van der Waals surface area (Å²) in [6.07, 6.45) is 0.0952. The van der Waals surface area contributed by atoms with Crippen LogP contribution in [0.2, 0.25) is 0 Å². The van der Waals surface area contributed by atoms with Gasteiger partial charge in [0.15, 0.2) is 0 Å². The van der Waals surface area contributed by atoms with Crippen LogP contribution in [0.25, 0.3) is 0 Å². The Kier molecular flexibility index (Phi) is 6.32. The van der Waals surface area contributed by atoms with Gasteiger partial charge in [-0.25, -0.2) is 0 Å². The molecule has 0 spiro atoms. The fourth-order valence-electron chi connectivity index (χ4n) is 1.79. The predicted molar refractivity (Wildman–Crippen MR) is 81.0 cm³/mol. The minimum atomic E-state index is -3.66. The second-order valence-corrected chi connectivity index (χ2v) is 6.89. The lowest BCUT2D eigenvalue weighted by Gasteiger charge is -2.25. The molecular formula is C14H22N2O4S. The van der Waals surface area contributed by atoms with E-state index in [1.54, 1.807) is 38.1 Å². The van der Waals surface area contributed by atoms with Gasteiger partial charge in [0.1, 0.15) is 0 Å². The Morgan fingerprint density at radius 3 is 2.33 bits per heavy atom. The summed E-state index contributed by atoms with van der Waals surface area (Å²) in [4.78, 5) is 10.8. The quantitative estimate of drug-likeness (QED) is 0.765. The Hall–Kier alpha value is -1.44. The molecule has 0 saturated carbocycles. The average molecular weight is 314 g/mol. The lowest BCUT2D eigenvalue weighted by atomic mass is 10.0. The van der Waals surface area contributed by atoms with Crippen molar-refractivity contribution in [1.29, 1.82) is 0 Å². The van der Waals surface area contributed by atoms with Crippen LogP contribution in [0.1, 0.15) is 38.3 Å². The molecular weight excluding hydrogens is 292 g/mol. The zero-order chi connectivity index (χ0) is 16.0. The van der Waals surface area contributed by atoms with Crippen molar-refractivity contribution in [2.45, 2.75) is 38.8 Å². The molecule has 0 bridgehead atoms. The van der Waals surface area contributed by atoms with Gasteiger partial charge in [0.2, 0.25) is 0 Å². The van der Waals surface area contributed by atoms with Crippen molar-refractivity contribution in [2.75, 3.05) is 7.05 Å². The van der Waals surface area contributed by atoms with Crippen molar-refractivity contribution in [3.63, 3.8) is 0 Å². The standard InChI is InChI=1S/C14H22N2O4S/c1-11(2)16(3)21(19,20)15-13(9-10-14(17)18)12-7-5-4-6-8-12/h4-8,11,13,15H,9-10H2,1-3H3,(H,17,18). The molecule has 0 amide bonds. The molecule has 21 heavy (non-hydrogen) atoms. The highest BCUT2D eigenvalue weighted by molar-refractivity contribution is 7.87. The highest BCUT2D eigenvalue weighted by atomic mass is 32.2. The highest BCUT2D eigenvalue weighted by Crippen LogP contribution is 2.20. The van der Waals surface area contributed by atoms with Gasteiger partial charge in [0, 0.05) is 25.6 Å². The van der Waals surface area contributed by atoms with Crippen molar-refractivity contribution in [2.24, 2.45) is 0 Å². The largest absolute Gasteiger partial charge is 0.481 e. The lowest BCUT2D eigenvalue weighted by Crippen LogP contribution is -2.43. The number of nitrogens with zero attached hydrogens (tertiary/aromatic N) is 1. The molecule has 0 aliphatic heterocycles. The van der Waals surface area contributed by atoms with E-state index >= 15 is 0 Å². The number of benzene rings is 1. The maximum absolute atomic E-state index is 12.3. The molecule has 118 valence electrons. The van der Waals surface area contributed by atoms with Crippen LogP contribution in [0.5, 0.6) is 0 Å². The van der Waals surface area contributed by atoms with Crippen LogP contribution in [-0.2, 0) is 15.0 Å². The molecule has 0 aromatic heterocycles. The summed E-state index contributed by atoms with van der Waals surface area (Å²) in [7, 11) is -2.17. The maximum Gasteiger partial charge on any atom is 0.303 e. The summed E-state index contributed by atoms with van der Waals surface area (Å²) in [5, 5.41) is 8.82. The van der Waals surface area contributed by atoms with E-state index in [-0.39, 0.29) is 18.9 Å². The molecule has 2 N–H and O–H groups in total. The minimum Gasteiger partial charge on any atom is -0.481 e. The third-order valence-corrected chi connectivity index (χ3v) is 5.01. The third-order valence-electron chi connectivity index (χ3n) is 3.25. The van der Waals surface area contributed by atoms with Gasteiger partial charge in [-0.05, 0) is 25.8 Å². The normalized spacial score (nSPS) is 13.6. The van der Waals surface area contributed by atoms with E-state index < -0.39 is 22.2 Å². The van der Waals surface area contributed by atoms with Crippen LogP contribution in [0, 0.1) is 0 Å². The molecule has 0 fully saturated rings. The molecule has 0 aliphatic carbocycles. The first-order valence-electron chi connectivity index (χ1n) is 6.76. The van der Waals surface area contributed by atoms with Crippen LogP contribution in [0.15, 0.2) is 30.3 Å². The van der Waals surface area contributed by atoms with Gasteiger partial charge < -0.3 is 5.11 Å². The molecule has 0 aliphatic rings. The van der Waals surface area contributed by atoms with E-state index in [4.69, 9.17) is 5.11 Å². The van der Waals surface area contributed by atoms with Gasteiger partial charge in [0.25, 0.3) is 10.2 Å². The molecule has 1 rings (SSSR count). The maximum atomic E-state index is 12.3. The third kappa shape index (κ3) is 5.45. The van der Waals surface area contributed by atoms with Crippen LogP contribution < -0.4 is 4.72 Å². The first kappa shape index (κ1) is 17.6. The lowest BCUT2D eigenvalue weighted by molar-refractivity contribution is -0.137. The number of carbonyl (C=O) groups is 1. The monoisotopic (exact) mass is 314 g/mol. The summed E-state index contributed by atoms with van der Waals surface area (Å²) in [5.41, 5.74) is 0.750. The van der Waals surface area contributed by atoms with Crippen molar-refractivity contribution >= 4 is 16.2 Å². The Morgan fingerprint density at radius 1 is 1.29 bits per heavy atom. The number of rotatable bonds is 8. The number of nitrogens with one attached hydrogen (secondary N) is 1. The van der Waals surface area contributed by atoms with Crippen molar-refractivity contribution < 1.29 is 18.3 Å². The number of hydrogen-bond acceptors (Lipinski definition) is 3. The van der Waals surface area contributed by atoms with Crippen LogP contribution in [0.4, 0.5) is 0 Å². The number of aliphatic carboxylic acids is 1. The summed E-state index contributed by atoms with van der Waals surface area (Å²) in [6, 6.07) is 8.24. The topological polar surface area (TPSA) is 86.7 Å². The summed E-state index contributed by atoms with van der Waals surface area (Å²) in [5.74, 6) is -0.952. The molecule has 1 unspecified atom stereocenters. The van der Waals surface area contributed by atoms with E-state index in [0.717, 1.165) is 5.56 Å². The van der Waals surface area contributed by atoms with Crippen molar-refractivity contribution in [1.82, 2.24) is 9.03 Å². The Bertz CT molecular complexity index is 558. The fourth-order valence-corrected chi connectivity index (χ4v) is 3.12. The fraction of sp³-hybridized carbons (Fsp3) is 0.500. The number of carboxylic acid groups (broad SMARTS) is 1. The zero-order valence-electron chi connectivity index (χ0n) is 12.5. The first-order chi connectivity index (χ1) is 9.74. The van der Waals surface area contributed by atoms with E-state index in [1.165, 1.54) is 11.4 Å². The second-order valence-electron chi connectivity index (χ2n) is 5.13. The zero-order valence-corrected chi connectivity index (χ0v) is 13.3. The van der Waals surface area contributed by atoms with E-state index in [1.807, 2.05) is 6.07 Å². The Balaban J connectivity index is 2.95. The number of hydrogen-bond donors (Lipinski definition) is 2. The van der Waals surface area contributed by atoms with Gasteiger partial charge in [-0.2, -0.15) is 17.4 Å². The minimum absolute atomic E-state index is 0.104. The molecule has 0 heterocycles. The van der Waals surface area contributed by atoms with Gasteiger partial charge in [0.05, 0.1) is 0 Å². The molecule has 6 nitrogen and oxygen atoms in total. The summed E-state index contributed by atoms with van der Waals surface area (Å²) >= 11 is 0. The average Bonchev–Trinajstić information content (AvgIpc) is 2.43. The van der Waals surface area contributed by atoms with Gasteiger partial charge in [-0.15, -0.1) is 0 Å². The van der Waals surface area contributed by atoms with E-state index in [0.29, 0.717) is 0 Å². The van der Waals surface area contributed by atoms with E-state index in [9.17, 15) is 13.2 Å². The molecule has 7 heteroatoms. The van der Waals surface area contributed by atoms with E-state index in [2.05, 4.69) is 4.72 Å². The molecule has 0 radical (unpaired) electrons. The van der Waals surface area contributed by atoms with Crippen LogP contribution in [-0.4, -0.2) is 36.9 Å². The van der Waals surface area contributed by atoms with Crippen molar-refractivity contribution in [3.05, 3.63) is 35.9 Å². The number of carboxylic acids is 1. The van der Waals surface area contributed by atoms with Crippen LogP contribution in [0.3, 0.4) is 0 Å². The Labute approximate surface area is 126 Å². The molecule has 1 aromatic rings. The van der Waals surface area contributed by atoms with Gasteiger partial charge in [-0.3, -0.25) is 4.79 Å². The van der Waals surface area contributed by atoms with Crippen molar-refractivity contribution in [3.8, 4) is 0 Å². The van der Waals surface area contributed by atoms with Gasteiger partial charge in [-0.1, -0.05) is 30.3 Å². The van der Waals surface area contributed by atoms with Crippen LogP contribution >= 0.6 is 0 Å². The summed E-state index contributed by atoms with van der Waals surface area (Å²) < 4.78 is 28.3. The first-order valence-corrected chi connectivity index (χ1v) is 8.20. The predicted octanol–water partition coefficient (Wildman–Crippen LogP) is 1.77. The highest BCUT2D eigenvalue weighted by Gasteiger charge is 2.25. The Morgan fingerprint density at radius 2 is 1.86 bits per heavy atom. The summed E-state index contributed by atoms with van der Waals surface area (Å²) in [6.45, 7) is 3.54.